The molecular weight excluding hydrogens is 408 g/mol. The van der Waals surface area contributed by atoms with E-state index in [1.807, 2.05) is 0 Å². The Morgan fingerprint density at radius 2 is 1.95 bits per heavy atom. The van der Waals surface area contributed by atoms with Gasteiger partial charge in [-0.25, -0.2) is 13.1 Å². The van der Waals surface area contributed by atoms with Gasteiger partial charge < -0.3 is 5.32 Å². The standard InChI is InChI=1S/C13H18Br2N2O2S/c1-13(4-6-16-7-5-13)9-17-20(18,19)12-3-2-10(14)8-11(12)15/h2-3,8,16-17H,4-7,9H2,1H3. The van der Waals surface area contributed by atoms with Gasteiger partial charge in [0.15, 0.2) is 0 Å². The number of halogens is 2. The lowest BCUT2D eigenvalue weighted by atomic mass is 9.81. The molecule has 0 amide bonds. The molecule has 20 heavy (non-hydrogen) atoms. The third kappa shape index (κ3) is 4.04. The molecule has 0 spiro atoms. The first-order chi connectivity index (χ1) is 9.32. The maximum Gasteiger partial charge on any atom is 0.241 e. The summed E-state index contributed by atoms with van der Waals surface area (Å²) < 4.78 is 28.9. The van der Waals surface area contributed by atoms with Crippen LogP contribution >= 0.6 is 31.9 Å². The summed E-state index contributed by atoms with van der Waals surface area (Å²) >= 11 is 6.62. The Bertz CT molecular complexity index is 584. The van der Waals surface area contributed by atoms with Crippen LogP contribution in [0, 0.1) is 5.41 Å². The maximum absolute atomic E-state index is 12.4. The molecule has 2 N–H and O–H groups in total. The highest BCUT2D eigenvalue weighted by Gasteiger charge is 2.29. The van der Waals surface area contributed by atoms with E-state index < -0.39 is 10.0 Å². The van der Waals surface area contributed by atoms with Gasteiger partial charge in [-0.15, -0.1) is 0 Å². The summed E-state index contributed by atoms with van der Waals surface area (Å²) in [6.45, 7) is 4.49. The van der Waals surface area contributed by atoms with Crippen LogP contribution in [0.15, 0.2) is 32.0 Å². The minimum absolute atomic E-state index is 0.0279. The highest BCUT2D eigenvalue weighted by Crippen LogP contribution is 2.29. The number of sulfonamides is 1. The van der Waals surface area contributed by atoms with Crippen LogP contribution in [0.4, 0.5) is 0 Å². The van der Waals surface area contributed by atoms with Crippen LogP contribution in [0.3, 0.4) is 0 Å². The third-order valence-electron chi connectivity index (χ3n) is 3.68. The lowest BCUT2D eigenvalue weighted by molar-refractivity contribution is 0.232. The molecule has 1 aliphatic rings. The zero-order valence-electron chi connectivity index (χ0n) is 11.2. The van der Waals surface area contributed by atoms with E-state index in [0.29, 0.717) is 11.0 Å². The second-order valence-electron chi connectivity index (χ2n) is 5.46. The van der Waals surface area contributed by atoms with Crippen LogP contribution in [0.1, 0.15) is 19.8 Å². The minimum atomic E-state index is -3.48. The highest BCUT2D eigenvalue weighted by molar-refractivity contribution is 9.11. The molecule has 7 heteroatoms. The van der Waals surface area contributed by atoms with Gasteiger partial charge in [-0.1, -0.05) is 22.9 Å². The SMILES string of the molecule is CC1(CNS(=O)(=O)c2ccc(Br)cc2Br)CCNCC1. The van der Waals surface area contributed by atoms with E-state index in [0.717, 1.165) is 30.4 Å². The van der Waals surface area contributed by atoms with Gasteiger partial charge in [-0.2, -0.15) is 0 Å². The Morgan fingerprint density at radius 1 is 1.30 bits per heavy atom. The molecular formula is C13H18Br2N2O2S. The van der Waals surface area contributed by atoms with Gasteiger partial charge in [0.25, 0.3) is 0 Å². The van der Waals surface area contributed by atoms with E-state index in [1.165, 1.54) is 0 Å². The summed E-state index contributed by atoms with van der Waals surface area (Å²) in [6, 6.07) is 5.06. The van der Waals surface area contributed by atoms with Crippen molar-refractivity contribution in [2.24, 2.45) is 5.41 Å². The van der Waals surface area contributed by atoms with Crippen molar-refractivity contribution in [3.8, 4) is 0 Å². The van der Waals surface area contributed by atoms with Gasteiger partial charge in [-0.3, -0.25) is 0 Å². The molecule has 1 fully saturated rings. The Hall–Kier alpha value is 0.0500. The van der Waals surface area contributed by atoms with Crippen molar-refractivity contribution in [3.63, 3.8) is 0 Å². The molecule has 1 heterocycles. The van der Waals surface area contributed by atoms with E-state index >= 15 is 0 Å². The Morgan fingerprint density at radius 3 is 2.55 bits per heavy atom. The molecule has 2 rings (SSSR count). The van der Waals surface area contributed by atoms with E-state index in [4.69, 9.17) is 0 Å². The fourth-order valence-electron chi connectivity index (χ4n) is 2.25. The largest absolute Gasteiger partial charge is 0.317 e. The second-order valence-corrected chi connectivity index (χ2v) is 8.97. The monoisotopic (exact) mass is 424 g/mol. The van der Waals surface area contributed by atoms with Crippen LogP contribution in [-0.2, 0) is 10.0 Å². The molecule has 0 unspecified atom stereocenters. The van der Waals surface area contributed by atoms with Crippen LogP contribution in [0.25, 0.3) is 0 Å². The Balaban J connectivity index is 2.11. The third-order valence-corrected chi connectivity index (χ3v) is 6.55. The van der Waals surface area contributed by atoms with Crippen LogP contribution in [0.5, 0.6) is 0 Å². The molecule has 4 nitrogen and oxygen atoms in total. The molecule has 1 aromatic rings. The van der Waals surface area contributed by atoms with Gasteiger partial charge in [0, 0.05) is 15.5 Å². The van der Waals surface area contributed by atoms with Gasteiger partial charge in [-0.05, 0) is 65.5 Å². The molecule has 0 saturated carbocycles. The van der Waals surface area contributed by atoms with Crippen molar-refractivity contribution >= 4 is 41.9 Å². The predicted octanol–water partition coefficient (Wildman–Crippen LogP) is 2.88. The summed E-state index contributed by atoms with van der Waals surface area (Å²) in [5.41, 5.74) is 0.0279. The van der Waals surface area contributed by atoms with E-state index in [9.17, 15) is 8.42 Å². The van der Waals surface area contributed by atoms with Crippen molar-refractivity contribution in [1.82, 2.24) is 10.0 Å². The normalized spacial score (nSPS) is 18.9. The molecule has 0 aliphatic carbocycles. The summed E-state index contributed by atoms with van der Waals surface area (Å²) in [6.07, 6.45) is 1.97. The van der Waals surface area contributed by atoms with E-state index in [1.54, 1.807) is 18.2 Å². The molecule has 1 saturated heterocycles. The quantitative estimate of drug-likeness (QED) is 0.779. The number of piperidine rings is 1. The number of rotatable bonds is 4. The first kappa shape index (κ1) is 16.4. The van der Waals surface area contributed by atoms with E-state index in [-0.39, 0.29) is 10.3 Å². The zero-order chi connectivity index (χ0) is 14.8. The molecule has 1 aromatic carbocycles. The van der Waals surface area contributed by atoms with Crippen molar-refractivity contribution in [3.05, 3.63) is 27.1 Å². The molecule has 0 bridgehead atoms. The van der Waals surface area contributed by atoms with Crippen molar-refractivity contribution in [2.45, 2.75) is 24.7 Å². The molecule has 112 valence electrons. The average Bonchev–Trinajstić information content (AvgIpc) is 2.37. The van der Waals surface area contributed by atoms with Gasteiger partial charge in [0.05, 0.1) is 4.90 Å². The highest BCUT2D eigenvalue weighted by atomic mass is 79.9. The summed E-state index contributed by atoms with van der Waals surface area (Å²) in [5.74, 6) is 0. The van der Waals surface area contributed by atoms with Gasteiger partial charge in [0.2, 0.25) is 10.0 Å². The Labute approximate surface area is 137 Å². The lowest BCUT2D eigenvalue weighted by Crippen LogP contribution is -2.42. The maximum atomic E-state index is 12.4. The van der Waals surface area contributed by atoms with Crippen LogP contribution in [-0.4, -0.2) is 28.1 Å². The number of benzene rings is 1. The predicted molar refractivity (Wildman–Crippen MR) is 87.2 cm³/mol. The molecule has 0 radical (unpaired) electrons. The smallest absolute Gasteiger partial charge is 0.241 e. The summed E-state index contributed by atoms with van der Waals surface area (Å²) in [7, 11) is -3.48. The fourth-order valence-corrected chi connectivity index (χ4v) is 5.19. The zero-order valence-corrected chi connectivity index (χ0v) is 15.2. The van der Waals surface area contributed by atoms with Crippen molar-refractivity contribution in [1.29, 1.82) is 0 Å². The van der Waals surface area contributed by atoms with E-state index in [2.05, 4.69) is 48.8 Å². The number of nitrogens with one attached hydrogen (secondary N) is 2. The van der Waals surface area contributed by atoms with Gasteiger partial charge >= 0.3 is 0 Å². The summed E-state index contributed by atoms with van der Waals surface area (Å²) in [4.78, 5) is 0.276. The first-order valence-electron chi connectivity index (χ1n) is 6.48. The van der Waals surface area contributed by atoms with Crippen molar-refractivity contribution in [2.75, 3.05) is 19.6 Å². The minimum Gasteiger partial charge on any atom is -0.317 e. The number of hydrogen-bond acceptors (Lipinski definition) is 3. The molecule has 1 aliphatic heterocycles. The number of hydrogen-bond donors (Lipinski definition) is 2. The topological polar surface area (TPSA) is 58.2 Å². The average molecular weight is 426 g/mol. The van der Waals surface area contributed by atoms with Crippen LogP contribution < -0.4 is 10.0 Å². The fraction of sp³-hybridized carbons (Fsp3) is 0.538. The Kier molecular flexibility index (Phi) is 5.29. The molecule has 0 aromatic heterocycles. The van der Waals surface area contributed by atoms with Crippen LogP contribution in [0.2, 0.25) is 0 Å². The van der Waals surface area contributed by atoms with Crippen molar-refractivity contribution < 1.29 is 8.42 Å². The summed E-state index contributed by atoms with van der Waals surface area (Å²) in [5, 5.41) is 3.29. The lowest BCUT2D eigenvalue weighted by Gasteiger charge is -2.34. The van der Waals surface area contributed by atoms with Gasteiger partial charge in [0.1, 0.15) is 0 Å². The second kappa shape index (κ2) is 6.44. The molecule has 0 atom stereocenters. The first-order valence-corrected chi connectivity index (χ1v) is 9.55.